The van der Waals surface area contributed by atoms with E-state index in [4.69, 9.17) is 0 Å². The van der Waals surface area contributed by atoms with Gasteiger partial charge in [0.15, 0.2) is 0 Å². The molecule has 0 aliphatic rings. The van der Waals surface area contributed by atoms with E-state index in [1.165, 1.54) is 34.0 Å². The van der Waals surface area contributed by atoms with Gasteiger partial charge in [-0.15, -0.1) is 34.0 Å². The van der Waals surface area contributed by atoms with Gasteiger partial charge in [-0.25, -0.2) is 13.1 Å². The van der Waals surface area contributed by atoms with Gasteiger partial charge in [0, 0.05) is 11.4 Å². The second kappa shape index (κ2) is 6.43. The lowest BCUT2D eigenvalue weighted by Crippen LogP contribution is -2.21. The van der Waals surface area contributed by atoms with Crippen molar-refractivity contribution in [2.24, 2.45) is 0 Å². The van der Waals surface area contributed by atoms with E-state index in [-0.39, 0.29) is 12.3 Å². The molecule has 0 aliphatic heterocycles. The van der Waals surface area contributed by atoms with Gasteiger partial charge in [-0.2, -0.15) is 0 Å². The number of rotatable bonds is 6. The Morgan fingerprint density at radius 3 is 2.45 bits per heavy atom. The van der Waals surface area contributed by atoms with Crippen molar-refractivity contribution >= 4 is 49.8 Å². The summed E-state index contributed by atoms with van der Waals surface area (Å²) in [6.07, 6.45) is 0. The summed E-state index contributed by atoms with van der Waals surface area (Å²) in [5.74, 6) is -0.0210. The lowest BCUT2D eigenvalue weighted by molar-refractivity contribution is 0.104. The monoisotopic (exact) mass is 369 g/mol. The Hall–Kier alpha value is -1.32. The van der Waals surface area contributed by atoms with E-state index in [0.29, 0.717) is 14.0 Å². The Morgan fingerprint density at radius 1 is 1.00 bits per heavy atom. The highest BCUT2D eigenvalue weighted by Gasteiger charge is 2.16. The van der Waals surface area contributed by atoms with Crippen molar-refractivity contribution in [2.45, 2.75) is 10.8 Å². The molecule has 0 unspecified atom stereocenters. The molecule has 3 aromatic heterocycles. The van der Waals surface area contributed by atoms with Gasteiger partial charge in [0.05, 0.1) is 9.75 Å². The van der Waals surface area contributed by atoms with Gasteiger partial charge in [0.1, 0.15) is 4.21 Å². The Bertz CT molecular complexity index is 861. The highest BCUT2D eigenvalue weighted by atomic mass is 32.2. The normalized spacial score (nSPS) is 11.6. The second-order valence-electron chi connectivity index (χ2n) is 4.33. The van der Waals surface area contributed by atoms with Crippen molar-refractivity contribution in [1.82, 2.24) is 4.72 Å². The van der Waals surface area contributed by atoms with Crippen LogP contribution in [0.25, 0.3) is 0 Å². The van der Waals surface area contributed by atoms with Gasteiger partial charge in [-0.3, -0.25) is 4.79 Å². The summed E-state index contributed by atoms with van der Waals surface area (Å²) >= 11 is 3.88. The molecule has 0 saturated carbocycles. The number of thiophene rings is 3. The van der Waals surface area contributed by atoms with Crippen LogP contribution in [0, 0.1) is 0 Å². The Balaban J connectivity index is 1.69. The number of carbonyl (C=O) groups is 1. The molecule has 3 aromatic rings. The number of ketones is 1. The van der Waals surface area contributed by atoms with Crippen LogP contribution >= 0.6 is 34.0 Å². The van der Waals surface area contributed by atoms with Crippen LogP contribution in [-0.4, -0.2) is 14.2 Å². The van der Waals surface area contributed by atoms with Gasteiger partial charge < -0.3 is 0 Å². The van der Waals surface area contributed by atoms with E-state index < -0.39 is 10.0 Å². The third-order valence-corrected chi connectivity index (χ3v) is 7.58. The maximum atomic E-state index is 12.2. The molecule has 0 radical (unpaired) electrons. The minimum atomic E-state index is -3.48. The van der Waals surface area contributed by atoms with Crippen LogP contribution in [-0.2, 0) is 16.6 Å². The molecule has 22 heavy (non-hydrogen) atoms. The molecule has 4 nitrogen and oxygen atoms in total. The van der Waals surface area contributed by atoms with Crippen LogP contribution in [0.3, 0.4) is 0 Å². The molecule has 0 saturated heterocycles. The first kappa shape index (κ1) is 15.6. The molecule has 8 heteroatoms. The van der Waals surface area contributed by atoms with E-state index in [9.17, 15) is 13.2 Å². The number of nitrogens with one attached hydrogen (secondary N) is 1. The summed E-state index contributed by atoms with van der Waals surface area (Å²) in [6, 6.07) is 10.4. The lowest BCUT2D eigenvalue weighted by atomic mass is 10.3. The highest BCUT2D eigenvalue weighted by Crippen LogP contribution is 2.23. The molecule has 0 aromatic carbocycles. The fourth-order valence-corrected chi connectivity index (χ4v) is 5.56. The van der Waals surface area contributed by atoms with Crippen molar-refractivity contribution in [3.63, 3.8) is 0 Å². The molecule has 0 bridgehead atoms. The largest absolute Gasteiger partial charge is 0.287 e. The van der Waals surface area contributed by atoms with E-state index in [1.54, 1.807) is 35.7 Å². The van der Waals surface area contributed by atoms with Gasteiger partial charge in [0.2, 0.25) is 15.8 Å². The summed E-state index contributed by atoms with van der Waals surface area (Å²) in [4.78, 5) is 14.3. The van der Waals surface area contributed by atoms with Crippen LogP contribution < -0.4 is 4.72 Å². The average Bonchev–Trinajstić information content (AvgIpc) is 3.26. The van der Waals surface area contributed by atoms with Gasteiger partial charge >= 0.3 is 0 Å². The minimum absolute atomic E-state index is 0.0210. The molecule has 3 heterocycles. The Kier molecular flexibility index (Phi) is 4.55. The smallest absolute Gasteiger partial charge is 0.250 e. The number of hydrogen-bond acceptors (Lipinski definition) is 6. The fourth-order valence-electron chi connectivity index (χ4n) is 1.78. The SMILES string of the molecule is O=C(c1cccs1)c1ccc(CNS(=O)(=O)c2cccs2)s1. The highest BCUT2D eigenvalue weighted by molar-refractivity contribution is 7.91. The lowest BCUT2D eigenvalue weighted by Gasteiger charge is -2.02. The Labute approximate surface area is 140 Å². The first-order valence-corrected chi connectivity index (χ1v) is 10.3. The maximum absolute atomic E-state index is 12.2. The van der Waals surface area contributed by atoms with Gasteiger partial charge in [0.25, 0.3) is 0 Å². The average molecular weight is 370 g/mol. The van der Waals surface area contributed by atoms with Crippen LogP contribution in [0.5, 0.6) is 0 Å². The van der Waals surface area contributed by atoms with Crippen molar-refractivity contribution in [1.29, 1.82) is 0 Å². The second-order valence-corrected chi connectivity index (χ2v) is 9.39. The molecule has 0 spiro atoms. The summed E-state index contributed by atoms with van der Waals surface area (Å²) in [5.41, 5.74) is 0. The van der Waals surface area contributed by atoms with Crippen molar-refractivity contribution in [3.8, 4) is 0 Å². The number of hydrogen-bond donors (Lipinski definition) is 1. The first-order valence-electron chi connectivity index (χ1n) is 6.26. The van der Waals surface area contributed by atoms with Crippen molar-refractivity contribution < 1.29 is 13.2 Å². The molecule has 0 aliphatic carbocycles. The molecular formula is C14H11NO3S4. The third kappa shape index (κ3) is 3.36. The van der Waals surface area contributed by atoms with E-state index in [2.05, 4.69) is 4.72 Å². The summed E-state index contributed by atoms with van der Waals surface area (Å²) in [7, 11) is -3.48. The van der Waals surface area contributed by atoms with E-state index in [1.807, 2.05) is 11.4 Å². The van der Waals surface area contributed by atoms with Crippen molar-refractivity contribution in [3.05, 3.63) is 61.8 Å². The maximum Gasteiger partial charge on any atom is 0.250 e. The van der Waals surface area contributed by atoms with Crippen LogP contribution in [0.4, 0.5) is 0 Å². The molecule has 0 atom stereocenters. The molecule has 1 N–H and O–H groups in total. The minimum Gasteiger partial charge on any atom is -0.287 e. The van der Waals surface area contributed by atoms with Crippen LogP contribution in [0.1, 0.15) is 19.4 Å². The Morgan fingerprint density at radius 2 is 1.77 bits per heavy atom. The fraction of sp³-hybridized carbons (Fsp3) is 0.0714. The zero-order chi connectivity index (χ0) is 15.6. The molecule has 3 rings (SSSR count). The van der Waals surface area contributed by atoms with Crippen molar-refractivity contribution in [2.75, 3.05) is 0 Å². The van der Waals surface area contributed by atoms with Gasteiger partial charge in [-0.05, 0) is 35.0 Å². The van der Waals surface area contributed by atoms with E-state index in [0.717, 1.165) is 4.88 Å². The first-order chi connectivity index (χ1) is 10.6. The quantitative estimate of drug-likeness (QED) is 0.676. The molecule has 0 amide bonds. The summed E-state index contributed by atoms with van der Waals surface area (Å²) in [6.45, 7) is 0.183. The number of carbonyl (C=O) groups excluding carboxylic acids is 1. The standard InChI is InChI=1S/C14H11NO3S4/c16-14(11-3-1-7-19-11)12-6-5-10(21-12)9-15-22(17,18)13-4-2-8-20-13/h1-8,15H,9H2. The summed E-state index contributed by atoms with van der Waals surface area (Å²) in [5, 5.41) is 3.58. The predicted molar refractivity (Wildman–Crippen MR) is 90.4 cm³/mol. The zero-order valence-electron chi connectivity index (χ0n) is 11.2. The van der Waals surface area contributed by atoms with Gasteiger partial charge in [-0.1, -0.05) is 12.1 Å². The predicted octanol–water partition coefficient (Wildman–Crippen LogP) is 3.58. The third-order valence-electron chi connectivity index (χ3n) is 2.83. The zero-order valence-corrected chi connectivity index (χ0v) is 14.4. The van der Waals surface area contributed by atoms with Crippen LogP contribution in [0.2, 0.25) is 0 Å². The van der Waals surface area contributed by atoms with Crippen LogP contribution in [0.15, 0.2) is 51.4 Å². The number of sulfonamides is 1. The molecular weight excluding hydrogens is 358 g/mol. The molecule has 114 valence electrons. The molecule has 0 fully saturated rings. The topological polar surface area (TPSA) is 63.2 Å². The summed E-state index contributed by atoms with van der Waals surface area (Å²) < 4.78 is 26.9. The van der Waals surface area contributed by atoms with E-state index >= 15 is 0 Å².